The minimum Gasteiger partial charge on any atom is -0.480 e. The van der Waals surface area contributed by atoms with Gasteiger partial charge in [0.15, 0.2) is 0 Å². The van der Waals surface area contributed by atoms with Crippen LogP contribution in [0.2, 0.25) is 10.0 Å². The molecule has 96 valence electrons. The van der Waals surface area contributed by atoms with Gasteiger partial charge >= 0.3 is 5.97 Å². The number of amides is 1. The quantitative estimate of drug-likeness (QED) is 0.839. The van der Waals surface area contributed by atoms with Crippen molar-refractivity contribution in [2.24, 2.45) is 5.41 Å². The molecule has 2 N–H and O–H groups in total. The highest BCUT2D eigenvalue weighted by molar-refractivity contribution is 6.42. The maximum atomic E-state index is 12.0. The number of halogens is 2. The summed E-state index contributed by atoms with van der Waals surface area (Å²) in [6.45, 7) is 0. The molecule has 0 atom stereocenters. The molecule has 0 aliphatic heterocycles. The summed E-state index contributed by atoms with van der Waals surface area (Å²) in [5.41, 5.74) is -0.839. The Balaban J connectivity index is 2.16. The minimum atomic E-state index is -1.29. The van der Waals surface area contributed by atoms with E-state index in [9.17, 15) is 9.59 Å². The highest BCUT2D eigenvalue weighted by Gasteiger charge is 2.51. The summed E-state index contributed by atoms with van der Waals surface area (Å²) in [7, 11) is 0. The van der Waals surface area contributed by atoms with E-state index in [4.69, 9.17) is 28.3 Å². The summed E-state index contributed by atoms with van der Waals surface area (Å²) in [6, 6.07) is 4.63. The van der Waals surface area contributed by atoms with Gasteiger partial charge < -0.3 is 10.4 Å². The summed E-state index contributed by atoms with van der Waals surface area (Å²) >= 11 is 11.6. The molecule has 0 heterocycles. The minimum absolute atomic E-state index is 0.312. The zero-order valence-corrected chi connectivity index (χ0v) is 10.9. The van der Waals surface area contributed by atoms with E-state index in [2.05, 4.69) is 5.32 Å². The van der Waals surface area contributed by atoms with Gasteiger partial charge in [-0.05, 0) is 31.0 Å². The van der Waals surface area contributed by atoms with Crippen LogP contribution in [0.4, 0.5) is 5.69 Å². The van der Waals surface area contributed by atoms with Crippen molar-refractivity contribution in [1.29, 1.82) is 0 Å². The lowest BCUT2D eigenvalue weighted by Crippen LogP contribution is -2.48. The number of carbonyl (C=O) groups is 2. The zero-order valence-electron chi connectivity index (χ0n) is 9.37. The molecule has 0 bridgehead atoms. The van der Waals surface area contributed by atoms with E-state index in [1.54, 1.807) is 12.1 Å². The second-order valence-corrected chi connectivity index (χ2v) is 5.14. The van der Waals surface area contributed by atoms with Crippen LogP contribution in [0.1, 0.15) is 19.3 Å². The fraction of sp³-hybridized carbons (Fsp3) is 0.333. The van der Waals surface area contributed by atoms with Crippen molar-refractivity contribution in [3.63, 3.8) is 0 Å². The molecule has 0 aromatic heterocycles. The molecule has 4 nitrogen and oxygen atoms in total. The Morgan fingerprint density at radius 2 is 1.89 bits per heavy atom. The molecule has 0 spiro atoms. The number of carboxylic acids is 1. The van der Waals surface area contributed by atoms with Gasteiger partial charge in [-0.2, -0.15) is 0 Å². The van der Waals surface area contributed by atoms with Crippen molar-refractivity contribution >= 4 is 40.8 Å². The second kappa shape index (κ2) is 4.78. The Morgan fingerprint density at radius 3 is 2.33 bits per heavy atom. The molecule has 1 aliphatic rings. The lowest BCUT2D eigenvalue weighted by atomic mass is 9.68. The molecular weight excluding hydrogens is 277 g/mol. The highest BCUT2D eigenvalue weighted by Crippen LogP contribution is 2.42. The fourth-order valence-electron chi connectivity index (χ4n) is 1.89. The summed E-state index contributed by atoms with van der Waals surface area (Å²) in [6.07, 6.45) is 1.49. The third-order valence-electron chi connectivity index (χ3n) is 3.23. The molecule has 1 saturated carbocycles. The van der Waals surface area contributed by atoms with Gasteiger partial charge in [0, 0.05) is 5.69 Å². The number of nitrogens with one attached hydrogen (secondary N) is 1. The average Bonchev–Trinajstić information content (AvgIpc) is 2.21. The summed E-state index contributed by atoms with van der Waals surface area (Å²) < 4.78 is 0. The zero-order chi connectivity index (χ0) is 13.3. The molecule has 6 heteroatoms. The highest BCUT2D eigenvalue weighted by atomic mass is 35.5. The van der Waals surface area contributed by atoms with Gasteiger partial charge in [-0.3, -0.25) is 9.59 Å². The SMILES string of the molecule is O=C(O)C1(C(=O)Nc2ccc(Cl)c(Cl)c2)CCC1. The predicted molar refractivity (Wildman–Crippen MR) is 69.0 cm³/mol. The van der Waals surface area contributed by atoms with Gasteiger partial charge in [-0.15, -0.1) is 0 Å². The van der Waals surface area contributed by atoms with Crippen LogP contribution in [0.3, 0.4) is 0 Å². The second-order valence-electron chi connectivity index (χ2n) is 4.32. The van der Waals surface area contributed by atoms with Crippen molar-refractivity contribution in [2.45, 2.75) is 19.3 Å². The topological polar surface area (TPSA) is 66.4 Å². The lowest BCUT2D eigenvalue weighted by Gasteiger charge is -2.35. The van der Waals surface area contributed by atoms with Crippen molar-refractivity contribution in [1.82, 2.24) is 0 Å². The first kappa shape index (κ1) is 13.2. The number of hydrogen-bond acceptors (Lipinski definition) is 2. The van der Waals surface area contributed by atoms with E-state index < -0.39 is 17.3 Å². The molecule has 1 aromatic carbocycles. The molecular formula is C12H11Cl2NO3. The molecule has 18 heavy (non-hydrogen) atoms. The normalized spacial score (nSPS) is 16.8. The molecule has 1 amide bonds. The van der Waals surface area contributed by atoms with Gasteiger partial charge in [0.2, 0.25) is 5.91 Å². The third-order valence-corrected chi connectivity index (χ3v) is 3.97. The molecule has 0 unspecified atom stereocenters. The molecule has 0 radical (unpaired) electrons. The number of hydrogen-bond donors (Lipinski definition) is 2. The van der Waals surface area contributed by atoms with E-state index in [0.717, 1.165) is 6.42 Å². The standard InChI is InChI=1S/C12H11Cl2NO3/c13-8-3-2-7(6-9(8)14)15-10(16)12(11(17)18)4-1-5-12/h2-3,6H,1,4-5H2,(H,15,16)(H,17,18). The van der Waals surface area contributed by atoms with Gasteiger partial charge in [0.1, 0.15) is 5.41 Å². The average molecular weight is 288 g/mol. The smallest absolute Gasteiger partial charge is 0.319 e. The number of benzene rings is 1. The lowest BCUT2D eigenvalue weighted by molar-refractivity contribution is -0.159. The number of aliphatic carboxylic acids is 1. The number of carbonyl (C=O) groups excluding carboxylic acids is 1. The van der Waals surface area contributed by atoms with Crippen LogP contribution < -0.4 is 5.32 Å². The van der Waals surface area contributed by atoms with E-state index >= 15 is 0 Å². The first-order valence-electron chi connectivity index (χ1n) is 5.45. The molecule has 1 aromatic rings. The van der Waals surface area contributed by atoms with Crippen molar-refractivity contribution < 1.29 is 14.7 Å². The van der Waals surface area contributed by atoms with Crippen LogP contribution in [0.15, 0.2) is 18.2 Å². The van der Waals surface area contributed by atoms with Crippen LogP contribution in [0.5, 0.6) is 0 Å². The molecule has 2 rings (SSSR count). The Bertz CT molecular complexity index is 512. The Hall–Kier alpha value is -1.26. The number of anilines is 1. The first-order valence-corrected chi connectivity index (χ1v) is 6.21. The number of rotatable bonds is 3. The predicted octanol–water partition coefficient (Wildman–Crippen LogP) is 3.19. The van der Waals surface area contributed by atoms with Gasteiger partial charge in [-0.1, -0.05) is 29.6 Å². The van der Waals surface area contributed by atoms with Crippen LogP contribution in [-0.4, -0.2) is 17.0 Å². The maximum Gasteiger partial charge on any atom is 0.319 e. The third kappa shape index (κ3) is 2.18. The Labute approximate surface area is 114 Å². The largest absolute Gasteiger partial charge is 0.480 e. The molecule has 1 fully saturated rings. The summed E-state index contributed by atoms with van der Waals surface area (Å²) in [5.74, 6) is -1.58. The van der Waals surface area contributed by atoms with Crippen LogP contribution in [-0.2, 0) is 9.59 Å². The summed E-state index contributed by atoms with van der Waals surface area (Å²) in [5, 5.41) is 12.4. The number of carboxylic acid groups (broad SMARTS) is 1. The monoisotopic (exact) mass is 287 g/mol. The van der Waals surface area contributed by atoms with Crippen LogP contribution in [0.25, 0.3) is 0 Å². The Morgan fingerprint density at radius 1 is 1.22 bits per heavy atom. The first-order chi connectivity index (χ1) is 8.45. The fourth-order valence-corrected chi connectivity index (χ4v) is 2.19. The van der Waals surface area contributed by atoms with Crippen molar-refractivity contribution in [2.75, 3.05) is 5.32 Å². The van der Waals surface area contributed by atoms with Gasteiger partial charge in [0.05, 0.1) is 10.0 Å². The summed E-state index contributed by atoms with van der Waals surface area (Å²) in [4.78, 5) is 23.1. The van der Waals surface area contributed by atoms with E-state index in [-0.39, 0.29) is 0 Å². The van der Waals surface area contributed by atoms with Crippen molar-refractivity contribution in [3.8, 4) is 0 Å². The van der Waals surface area contributed by atoms with Gasteiger partial charge in [-0.25, -0.2) is 0 Å². The van der Waals surface area contributed by atoms with E-state index in [1.807, 2.05) is 0 Å². The van der Waals surface area contributed by atoms with Crippen LogP contribution in [0, 0.1) is 5.41 Å². The van der Waals surface area contributed by atoms with E-state index in [1.165, 1.54) is 6.07 Å². The molecule has 0 saturated heterocycles. The molecule has 1 aliphatic carbocycles. The van der Waals surface area contributed by atoms with Crippen molar-refractivity contribution in [3.05, 3.63) is 28.2 Å². The van der Waals surface area contributed by atoms with E-state index in [0.29, 0.717) is 28.6 Å². The van der Waals surface area contributed by atoms with Gasteiger partial charge in [0.25, 0.3) is 0 Å². The Kier molecular flexibility index (Phi) is 3.50. The maximum absolute atomic E-state index is 12.0. The van der Waals surface area contributed by atoms with Crippen LogP contribution >= 0.6 is 23.2 Å².